The molecule has 1 aliphatic rings. The van der Waals surface area contributed by atoms with Crippen molar-refractivity contribution < 1.29 is 13.2 Å². The van der Waals surface area contributed by atoms with E-state index in [9.17, 15) is 13.2 Å². The number of hydrogen-bond donors (Lipinski definition) is 0. The van der Waals surface area contributed by atoms with E-state index in [1.54, 1.807) is 41.3 Å². The van der Waals surface area contributed by atoms with Gasteiger partial charge >= 0.3 is 0 Å². The summed E-state index contributed by atoms with van der Waals surface area (Å²) in [7, 11) is -4.05. The van der Waals surface area contributed by atoms with E-state index in [0.29, 0.717) is 26.2 Å². The summed E-state index contributed by atoms with van der Waals surface area (Å²) in [6.45, 7) is 2.92. The van der Waals surface area contributed by atoms with Crippen molar-refractivity contribution in [3.05, 3.63) is 94.5 Å². The first kappa shape index (κ1) is 24.5. The Morgan fingerprint density at radius 3 is 2.09 bits per heavy atom. The molecule has 0 N–H and O–H groups in total. The molecule has 6 nitrogen and oxygen atoms in total. The van der Waals surface area contributed by atoms with Crippen LogP contribution in [-0.2, 0) is 21.4 Å². The van der Waals surface area contributed by atoms with Gasteiger partial charge in [0.25, 0.3) is 10.0 Å². The number of hydrogen-bond acceptors (Lipinski definition) is 4. The summed E-state index contributed by atoms with van der Waals surface area (Å²) >= 11 is 12.5. The van der Waals surface area contributed by atoms with E-state index in [1.807, 2.05) is 18.2 Å². The normalized spacial score (nSPS) is 14.7. The second-order valence-corrected chi connectivity index (χ2v) is 10.7. The van der Waals surface area contributed by atoms with Crippen LogP contribution in [0.2, 0.25) is 10.0 Å². The molecule has 0 aliphatic carbocycles. The molecule has 9 heteroatoms. The third kappa shape index (κ3) is 5.55. The zero-order valence-corrected chi connectivity index (χ0v) is 20.8. The number of amides is 1. The lowest BCUT2D eigenvalue weighted by Gasteiger charge is -2.36. The highest BCUT2D eigenvalue weighted by atomic mass is 35.5. The highest BCUT2D eigenvalue weighted by Gasteiger charge is 2.31. The molecule has 1 fully saturated rings. The minimum Gasteiger partial charge on any atom is -0.339 e. The van der Waals surface area contributed by atoms with Gasteiger partial charge in [-0.15, -0.1) is 0 Å². The van der Waals surface area contributed by atoms with Crippen LogP contribution in [-0.4, -0.2) is 56.8 Å². The topological polar surface area (TPSA) is 60.9 Å². The van der Waals surface area contributed by atoms with E-state index in [-0.39, 0.29) is 33.1 Å². The fourth-order valence-electron chi connectivity index (χ4n) is 3.92. The van der Waals surface area contributed by atoms with Crippen molar-refractivity contribution in [1.82, 2.24) is 9.80 Å². The molecule has 0 saturated carbocycles. The molecule has 4 rings (SSSR count). The fraction of sp³-hybridized carbons (Fsp3) is 0.240. The van der Waals surface area contributed by atoms with Crippen LogP contribution in [0.4, 0.5) is 5.69 Å². The number of nitrogens with zero attached hydrogens (tertiary/aromatic N) is 3. The number of halogens is 2. The van der Waals surface area contributed by atoms with Gasteiger partial charge in [-0.25, -0.2) is 8.42 Å². The number of sulfonamides is 1. The van der Waals surface area contributed by atoms with Crippen LogP contribution in [0.15, 0.2) is 83.8 Å². The maximum absolute atomic E-state index is 13.5. The van der Waals surface area contributed by atoms with Gasteiger partial charge in [-0.1, -0.05) is 77.8 Å². The molecule has 0 aromatic heterocycles. The summed E-state index contributed by atoms with van der Waals surface area (Å²) in [6.07, 6.45) is 0. The number of rotatable bonds is 7. The van der Waals surface area contributed by atoms with Crippen molar-refractivity contribution in [2.45, 2.75) is 11.4 Å². The van der Waals surface area contributed by atoms with Gasteiger partial charge in [-0.2, -0.15) is 0 Å². The molecular weight excluding hydrogens is 493 g/mol. The van der Waals surface area contributed by atoms with Gasteiger partial charge in [0, 0.05) is 32.7 Å². The van der Waals surface area contributed by atoms with E-state index >= 15 is 0 Å². The van der Waals surface area contributed by atoms with Gasteiger partial charge in [0.05, 0.1) is 20.6 Å². The Morgan fingerprint density at radius 1 is 0.824 bits per heavy atom. The molecule has 0 unspecified atom stereocenters. The Morgan fingerprint density at radius 2 is 1.44 bits per heavy atom. The predicted octanol–water partition coefficient (Wildman–Crippen LogP) is 4.53. The van der Waals surface area contributed by atoms with Crippen molar-refractivity contribution in [3.8, 4) is 0 Å². The van der Waals surface area contributed by atoms with E-state index in [1.165, 1.54) is 17.7 Å². The summed E-state index contributed by atoms with van der Waals surface area (Å²) < 4.78 is 28.1. The summed E-state index contributed by atoms with van der Waals surface area (Å²) in [5.41, 5.74) is 1.40. The summed E-state index contributed by atoms with van der Waals surface area (Å²) in [5.74, 6) is -0.282. The second kappa shape index (κ2) is 10.8. The number of carbonyl (C=O) groups excluding carboxylic acids is 1. The average Bonchev–Trinajstić information content (AvgIpc) is 2.86. The first-order chi connectivity index (χ1) is 16.4. The van der Waals surface area contributed by atoms with Crippen LogP contribution in [0, 0.1) is 0 Å². The Hall–Kier alpha value is -2.58. The Labute approximate surface area is 210 Å². The van der Waals surface area contributed by atoms with Gasteiger partial charge in [0.15, 0.2) is 0 Å². The molecule has 0 spiro atoms. The SMILES string of the molecule is O=C(CN(c1cccc(Cl)c1Cl)S(=O)(=O)c1ccccc1)N1CCN(Cc2ccccc2)CC1. The highest BCUT2D eigenvalue weighted by molar-refractivity contribution is 7.92. The predicted molar refractivity (Wildman–Crippen MR) is 136 cm³/mol. The van der Waals surface area contributed by atoms with E-state index in [4.69, 9.17) is 23.2 Å². The number of piperazine rings is 1. The average molecular weight is 518 g/mol. The molecule has 0 atom stereocenters. The maximum atomic E-state index is 13.5. The van der Waals surface area contributed by atoms with Gasteiger partial charge in [-0.05, 0) is 29.8 Å². The zero-order valence-electron chi connectivity index (χ0n) is 18.5. The van der Waals surface area contributed by atoms with Crippen LogP contribution in [0.3, 0.4) is 0 Å². The third-order valence-electron chi connectivity index (χ3n) is 5.78. The second-order valence-electron chi connectivity index (χ2n) is 8.04. The molecule has 1 aliphatic heterocycles. The van der Waals surface area contributed by atoms with E-state index < -0.39 is 10.0 Å². The molecule has 1 saturated heterocycles. The van der Waals surface area contributed by atoms with E-state index in [2.05, 4.69) is 17.0 Å². The molecule has 1 amide bonds. The van der Waals surface area contributed by atoms with Crippen LogP contribution >= 0.6 is 23.2 Å². The quantitative estimate of drug-likeness (QED) is 0.461. The van der Waals surface area contributed by atoms with Crippen molar-refractivity contribution in [1.29, 1.82) is 0 Å². The number of anilines is 1. The van der Waals surface area contributed by atoms with Gasteiger partial charge in [0.1, 0.15) is 6.54 Å². The molecule has 1 heterocycles. The number of carbonyl (C=O) groups is 1. The van der Waals surface area contributed by atoms with Crippen LogP contribution in [0.25, 0.3) is 0 Å². The summed E-state index contributed by atoms with van der Waals surface area (Å²) in [4.78, 5) is 17.3. The lowest BCUT2D eigenvalue weighted by molar-refractivity contribution is -0.131. The zero-order chi connectivity index (χ0) is 24.1. The largest absolute Gasteiger partial charge is 0.339 e. The first-order valence-corrected chi connectivity index (χ1v) is 13.1. The molecular formula is C25H25Cl2N3O3S. The Bertz CT molecular complexity index is 1230. The Kier molecular flexibility index (Phi) is 7.78. The van der Waals surface area contributed by atoms with Gasteiger partial charge in [-0.3, -0.25) is 14.0 Å². The van der Waals surface area contributed by atoms with Crippen molar-refractivity contribution in [2.75, 3.05) is 37.0 Å². The Balaban J connectivity index is 1.52. The van der Waals surface area contributed by atoms with E-state index in [0.717, 1.165) is 10.8 Å². The number of benzene rings is 3. The molecule has 0 radical (unpaired) electrons. The monoisotopic (exact) mass is 517 g/mol. The fourth-order valence-corrected chi connectivity index (χ4v) is 5.82. The minimum atomic E-state index is -4.05. The summed E-state index contributed by atoms with van der Waals surface area (Å²) in [5, 5.41) is 0.304. The molecule has 3 aromatic rings. The van der Waals surface area contributed by atoms with Gasteiger partial charge in [0.2, 0.25) is 5.91 Å². The van der Waals surface area contributed by atoms with Gasteiger partial charge < -0.3 is 4.90 Å². The smallest absolute Gasteiger partial charge is 0.264 e. The third-order valence-corrected chi connectivity index (χ3v) is 8.37. The first-order valence-electron chi connectivity index (χ1n) is 10.9. The van der Waals surface area contributed by atoms with Crippen LogP contribution in [0.1, 0.15) is 5.56 Å². The van der Waals surface area contributed by atoms with Crippen LogP contribution in [0.5, 0.6) is 0 Å². The maximum Gasteiger partial charge on any atom is 0.264 e. The van der Waals surface area contributed by atoms with Crippen molar-refractivity contribution >= 4 is 44.8 Å². The molecule has 178 valence electrons. The molecule has 3 aromatic carbocycles. The van der Waals surface area contributed by atoms with Crippen LogP contribution < -0.4 is 4.31 Å². The lowest BCUT2D eigenvalue weighted by atomic mass is 10.2. The molecule has 0 bridgehead atoms. The standard InChI is InChI=1S/C25H25Cl2N3O3S/c26-22-12-7-13-23(25(22)27)30(34(32,33)21-10-5-2-6-11-21)19-24(31)29-16-14-28(15-17-29)18-20-8-3-1-4-9-20/h1-13H,14-19H2. The lowest BCUT2D eigenvalue weighted by Crippen LogP contribution is -2.51. The highest BCUT2D eigenvalue weighted by Crippen LogP contribution is 2.35. The summed E-state index contributed by atoms with van der Waals surface area (Å²) in [6, 6.07) is 22.9. The molecule has 34 heavy (non-hydrogen) atoms. The van der Waals surface area contributed by atoms with Crippen molar-refractivity contribution in [2.24, 2.45) is 0 Å². The minimum absolute atomic E-state index is 0.0755. The van der Waals surface area contributed by atoms with Crippen molar-refractivity contribution in [3.63, 3.8) is 0 Å².